The predicted molar refractivity (Wildman–Crippen MR) is 121 cm³/mol. The number of rotatable bonds is 6. The summed E-state index contributed by atoms with van der Waals surface area (Å²) in [6, 6.07) is 11.0. The van der Waals surface area contributed by atoms with E-state index in [0.717, 1.165) is 22.6 Å². The van der Waals surface area contributed by atoms with Gasteiger partial charge >= 0.3 is 0 Å². The minimum absolute atomic E-state index is 0.0188. The molecular formula is C23H26N6O. The molecule has 0 bridgehead atoms. The molecule has 0 spiro atoms. The highest BCUT2D eigenvalue weighted by atomic mass is 16.1. The summed E-state index contributed by atoms with van der Waals surface area (Å²) < 4.78 is 0. The standard InChI is InChI=1S/C23H26N6O/c1-4-13-29(24)20-8-6-7-18(14-20)22(30)16-26-23-27-21(15-19(5-2)28(23)3)17-9-11-25-12-10-17/h4-15H,16,24H2,1-3H3,(H,26,27)/b13-4-,19-5?. The Kier molecular flexibility index (Phi) is 6.77. The molecule has 2 aromatic rings. The highest BCUT2D eigenvalue weighted by molar-refractivity contribution is 6.01. The Morgan fingerprint density at radius 3 is 2.73 bits per heavy atom. The summed E-state index contributed by atoms with van der Waals surface area (Å²) in [5.41, 5.74) is 4.18. The fourth-order valence-electron chi connectivity index (χ4n) is 3.04. The van der Waals surface area contributed by atoms with Gasteiger partial charge in [0.05, 0.1) is 11.4 Å². The Morgan fingerprint density at radius 2 is 2.03 bits per heavy atom. The van der Waals surface area contributed by atoms with Crippen LogP contribution in [0.4, 0.5) is 5.69 Å². The molecule has 1 aromatic heterocycles. The number of carbonyl (C=O) groups is 1. The fourth-order valence-corrected chi connectivity index (χ4v) is 3.04. The van der Waals surface area contributed by atoms with Crippen molar-refractivity contribution in [3.8, 4) is 0 Å². The van der Waals surface area contributed by atoms with Gasteiger partial charge in [0.15, 0.2) is 5.78 Å². The third-order valence-corrected chi connectivity index (χ3v) is 4.68. The van der Waals surface area contributed by atoms with Crippen LogP contribution < -0.4 is 16.2 Å². The molecule has 3 rings (SSSR count). The number of likely N-dealkylation sites (N-methyl/N-ethyl adjacent to an activating group) is 1. The van der Waals surface area contributed by atoms with Crippen molar-refractivity contribution >= 4 is 23.1 Å². The van der Waals surface area contributed by atoms with Gasteiger partial charge in [-0.1, -0.05) is 24.3 Å². The van der Waals surface area contributed by atoms with Gasteiger partial charge in [0.25, 0.3) is 0 Å². The monoisotopic (exact) mass is 402 g/mol. The number of hydrazine groups is 1. The second-order valence-electron chi connectivity index (χ2n) is 6.69. The Bertz CT molecular complexity index is 1020. The molecule has 0 fully saturated rings. The first-order valence-electron chi connectivity index (χ1n) is 9.67. The van der Waals surface area contributed by atoms with Gasteiger partial charge in [0.2, 0.25) is 5.96 Å². The van der Waals surface area contributed by atoms with Gasteiger partial charge in [-0.25, -0.2) is 10.8 Å². The first-order chi connectivity index (χ1) is 14.5. The van der Waals surface area contributed by atoms with Gasteiger partial charge in [-0.2, -0.15) is 0 Å². The van der Waals surface area contributed by atoms with Crippen molar-refractivity contribution in [2.45, 2.75) is 13.8 Å². The number of nitrogens with zero attached hydrogens (tertiary/aromatic N) is 4. The van der Waals surface area contributed by atoms with Gasteiger partial charge < -0.3 is 10.2 Å². The lowest BCUT2D eigenvalue weighted by Crippen LogP contribution is -2.41. The van der Waals surface area contributed by atoms with E-state index in [1.165, 1.54) is 5.01 Å². The van der Waals surface area contributed by atoms with E-state index in [4.69, 9.17) is 5.84 Å². The maximum Gasteiger partial charge on any atom is 0.203 e. The number of aliphatic imine (C=N–C) groups is 1. The summed E-state index contributed by atoms with van der Waals surface area (Å²) in [7, 11) is 1.91. The van der Waals surface area contributed by atoms with E-state index < -0.39 is 0 Å². The molecule has 0 unspecified atom stereocenters. The summed E-state index contributed by atoms with van der Waals surface area (Å²) in [6.07, 6.45) is 11.1. The molecule has 1 aliphatic heterocycles. The molecule has 0 amide bonds. The molecule has 7 heteroatoms. The number of hydrogen-bond acceptors (Lipinski definition) is 5. The minimum Gasteiger partial charge on any atom is -0.325 e. The van der Waals surface area contributed by atoms with Crippen molar-refractivity contribution in [3.63, 3.8) is 0 Å². The molecule has 0 aliphatic carbocycles. The number of hydrogen-bond donors (Lipinski definition) is 2. The van der Waals surface area contributed by atoms with Crippen LogP contribution in [0.25, 0.3) is 5.70 Å². The van der Waals surface area contributed by atoms with Gasteiger partial charge in [-0.3, -0.25) is 14.8 Å². The Balaban J connectivity index is 1.80. The highest BCUT2D eigenvalue weighted by Gasteiger charge is 2.19. The average molecular weight is 403 g/mol. The van der Waals surface area contributed by atoms with Crippen LogP contribution in [0.3, 0.4) is 0 Å². The predicted octanol–water partition coefficient (Wildman–Crippen LogP) is 3.31. The molecule has 154 valence electrons. The van der Waals surface area contributed by atoms with Crippen molar-refractivity contribution in [3.05, 3.63) is 90.0 Å². The number of nitrogens with two attached hydrogens (primary N) is 1. The Hall–Kier alpha value is -3.71. The molecule has 0 radical (unpaired) electrons. The fraction of sp³-hybridized carbons (Fsp3) is 0.174. The number of nitrogens with one attached hydrogen (secondary N) is 1. The number of aromatic nitrogens is 1. The summed E-state index contributed by atoms with van der Waals surface area (Å²) >= 11 is 0. The molecule has 1 aliphatic rings. The number of guanidine groups is 1. The zero-order valence-electron chi connectivity index (χ0n) is 17.4. The van der Waals surface area contributed by atoms with Crippen molar-refractivity contribution < 1.29 is 4.79 Å². The molecule has 0 saturated carbocycles. The van der Waals surface area contributed by atoms with Crippen LogP contribution in [0, 0.1) is 0 Å². The van der Waals surface area contributed by atoms with Crippen molar-refractivity contribution in [2.24, 2.45) is 10.8 Å². The van der Waals surface area contributed by atoms with Gasteiger partial charge in [0.1, 0.15) is 6.54 Å². The third-order valence-electron chi connectivity index (χ3n) is 4.68. The first kappa shape index (κ1) is 21.0. The number of benzene rings is 1. The van der Waals surface area contributed by atoms with Gasteiger partial charge in [0, 0.05) is 42.5 Å². The van der Waals surface area contributed by atoms with Crippen LogP contribution in [0.2, 0.25) is 0 Å². The van der Waals surface area contributed by atoms with Crippen molar-refractivity contribution in [1.82, 2.24) is 15.2 Å². The quantitative estimate of drug-likeness (QED) is 0.438. The number of Topliss-reactive ketones (excluding diaryl/α,β-unsaturated/α-hetero) is 1. The second-order valence-corrected chi connectivity index (χ2v) is 6.69. The number of ketones is 1. The number of anilines is 1. The molecule has 1 aromatic carbocycles. The van der Waals surface area contributed by atoms with Crippen LogP contribution in [0.5, 0.6) is 0 Å². The summed E-state index contributed by atoms with van der Waals surface area (Å²) in [6.45, 7) is 3.87. The first-order valence-corrected chi connectivity index (χ1v) is 9.67. The van der Waals surface area contributed by atoms with E-state index in [1.807, 2.05) is 68.3 Å². The van der Waals surface area contributed by atoms with Crippen LogP contribution in [0.1, 0.15) is 29.8 Å². The van der Waals surface area contributed by atoms with Crippen molar-refractivity contribution in [2.75, 3.05) is 18.6 Å². The minimum atomic E-state index is -0.0875. The van der Waals surface area contributed by atoms with E-state index >= 15 is 0 Å². The molecular weight excluding hydrogens is 376 g/mol. The van der Waals surface area contributed by atoms with E-state index in [2.05, 4.69) is 15.3 Å². The maximum absolute atomic E-state index is 12.8. The van der Waals surface area contributed by atoms with E-state index in [9.17, 15) is 4.79 Å². The van der Waals surface area contributed by atoms with Crippen LogP contribution in [-0.2, 0) is 0 Å². The smallest absolute Gasteiger partial charge is 0.203 e. The summed E-state index contributed by atoms with van der Waals surface area (Å²) in [5.74, 6) is 6.48. The third kappa shape index (κ3) is 4.82. The average Bonchev–Trinajstić information content (AvgIpc) is 2.79. The maximum atomic E-state index is 12.8. The largest absolute Gasteiger partial charge is 0.325 e. The molecule has 30 heavy (non-hydrogen) atoms. The highest BCUT2D eigenvalue weighted by Crippen LogP contribution is 2.20. The molecule has 2 heterocycles. The molecule has 0 saturated heterocycles. The number of pyridine rings is 1. The van der Waals surface area contributed by atoms with Crippen LogP contribution in [0.15, 0.2) is 83.9 Å². The Morgan fingerprint density at radius 1 is 1.27 bits per heavy atom. The van der Waals surface area contributed by atoms with E-state index in [0.29, 0.717) is 11.5 Å². The van der Waals surface area contributed by atoms with Gasteiger partial charge in [-0.05, 0) is 44.2 Å². The molecule has 0 atom stereocenters. The lowest BCUT2D eigenvalue weighted by Gasteiger charge is -2.29. The zero-order chi connectivity index (χ0) is 21.5. The van der Waals surface area contributed by atoms with E-state index in [1.54, 1.807) is 30.7 Å². The topological polar surface area (TPSA) is 86.8 Å². The van der Waals surface area contributed by atoms with Crippen molar-refractivity contribution in [1.29, 1.82) is 0 Å². The van der Waals surface area contributed by atoms with E-state index in [-0.39, 0.29) is 12.3 Å². The normalized spacial score (nSPS) is 16.7. The Labute approximate surface area is 176 Å². The lowest BCUT2D eigenvalue weighted by atomic mass is 10.1. The molecule has 3 N–H and O–H groups in total. The van der Waals surface area contributed by atoms with Gasteiger partial charge in [-0.15, -0.1) is 0 Å². The summed E-state index contributed by atoms with van der Waals surface area (Å²) in [4.78, 5) is 23.3. The summed E-state index contributed by atoms with van der Waals surface area (Å²) in [5, 5.41) is 4.79. The number of allylic oxidation sites excluding steroid dienone is 3. The number of carbonyl (C=O) groups excluding carboxylic acids is 1. The zero-order valence-corrected chi connectivity index (χ0v) is 17.4. The second kappa shape index (κ2) is 9.67. The van der Waals surface area contributed by atoms with Crippen LogP contribution in [-0.4, -0.2) is 35.2 Å². The van der Waals surface area contributed by atoms with Crippen LogP contribution >= 0.6 is 0 Å². The SMILES string of the molecule is CC=C1C=C(c2ccncc2)NC(=NCC(=O)c2cccc(N(N)/C=C\C)c2)N1C. The lowest BCUT2D eigenvalue weighted by molar-refractivity contribution is 0.100. The molecule has 7 nitrogen and oxygen atoms in total.